The molecule has 0 aliphatic carbocycles. The van der Waals surface area contributed by atoms with E-state index in [1.54, 1.807) is 6.07 Å². The molecule has 3 aromatic rings. The Balaban J connectivity index is 1.61. The zero-order valence-electron chi connectivity index (χ0n) is 17.1. The highest BCUT2D eigenvalue weighted by Gasteiger charge is 2.26. The molecule has 30 heavy (non-hydrogen) atoms. The number of aromatic nitrogens is 1. The predicted molar refractivity (Wildman–Crippen MR) is 113 cm³/mol. The van der Waals surface area contributed by atoms with E-state index >= 15 is 0 Å². The molecule has 2 aromatic carbocycles. The van der Waals surface area contributed by atoms with Crippen molar-refractivity contribution in [1.82, 2.24) is 4.98 Å². The number of carbonyl (C=O) groups is 1. The van der Waals surface area contributed by atoms with Gasteiger partial charge in [-0.3, -0.25) is 4.79 Å². The fourth-order valence-corrected chi connectivity index (χ4v) is 4.08. The number of halogens is 1. The molecule has 1 unspecified atom stereocenters. The number of fused-ring (bicyclic) bond motifs is 1. The minimum absolute atomic E-state index is 0.0997. The molecule has 0 fully saturated rings. The molecule has 1 aliphatic heterocycles. The van der Waals surface area contributed by atoms with Gasteiger partial charge in [0.15, 0.2) is 0 Å². The average molecular weight is 405 g/mol. The summed E-state index contributed by atoms with van der Waals surface area (Å²) < 4.78 is 20.8. The van der Waals surface area contributed by atoms with Gasteiger partial charge in [0.25, 0.3) is 0 Å². The van der Waals surface area contributed by atoms with Crippen molar-refractivity contribution in [3.8, 4) is 17.0 Å². The Hall–Kier alpha value is -3.21. The van der Waals surface area contributed by atoms with Gasteiger partial charge in [0, 0.05) is 12.0 Å². The highest BCUT2D eigenvalue weighted by atomic mass is 19.1. The second-order valence-electron chi connectivity index (χ2n) is 7.81. The Kier molecular flexibility index (Phi) is 5.53. The normalized spacial score (nSPS) is 15.4. The van der Waals surface area contributed by atoms with E-state index in [1.807, 2.05) is 50.2 Å². The number of nitrogens with zero attached hydrogens (tertiary/aromatic N) is 1. The van der Waals surface area contributed by atoms with Crippen LogP contribution in [0.1, 0.15) is 46.9 Å². The first-order valence-corrected chi connectivity index (χ1v) is 10.2. The molecule has 0 saturated heterocycles. The van der Waals surface area contributed by atoms with Gasteiger partial charge in [-0.05, 0) is 73.6 Å². The minimum atomic E-state index is -0.811. The van der Waals surface area contributed by atoms with Crippen LogP contribution in [0.15, 0.2) is 48.5 Å². The van der Waals surface area contributed by atoms with Crippen molar-refractivity contribution in [1.29, 1.82) is 0 Å². The quantitative estimate of drug-likeness (QED) is 0.601. The van der Waals surface area contributed by atoms with Gasteiger partial charge in [-0.15, -0.1) is 0 Å². The molecule has 0 spiro atoms. The summed E-state index contributed by atoms with van der Waals surface area (Å²) in [6, 6.07) is 15.0. The lowest BCUT2D eigenvalue weighted by Gasteiger charge is -2.27. The zero-order valence-corrected chi connectivity index (χ0v) is 17.1. The number of pyridine rings is 1. The molecule has 4 nitrogen and oxygen atoms in total. The molecule has 154 valence electrons. The molecule has 2 heterocycles. The smallest absolute Gasteiger partial charge is 0.303 e. The van der Waals surface area contributed by atoms with Gasteiger partial charge in [-0.2, -0.15) is 0 Å². The first kappa shape index (κ1) is 20.1. The molecular weight excluding hydrogens is 381 g/mol. The van der Waals surface area contributed by atoms with E-state index in [-0.39, 0.29) is 12.2 Å². The molecule has 1 aliphatic rings. The van der Waals surface area contributed by atoms with Crippen LogP contribution in [0.3, 0.4) is 0 Å². The number of aryl methyl sites for hydroxylation is 4. The summed E-state index contributed by atoms with van der Waals surface area (Å²) in [5.74, 6) is -0.463. The van der Waals surface area contributed by atoms with Gasteiger partial charge in [-0.1, -0.05) is 30.3 Å². The van der Waals surface area contributed by atoms with E-state index in [4.69, 9.17) is 9.84 Å². The topological polar surface area (TPSA) is 59.4 Å². The Morgan fingerprint density at radius 3 is 2.67 bits per heavy atom. The number of benzene rings is 2. The second kappa shape index (κ2) is 8.27. The van der Waals surface area contributed by atoms with Crippen LogP contribution in [0, 0.1) is 19.7 Å². The number of aliphatic carboxylic acids is 1. The fourth-order valence-electron chi connectivity index (χ4n) is 4.08. The van der Waals surface area contributed by atoms with Crippen LogP contribution in [0.25, 0.3) is 11.3 Å². The van der Waals surface area contributed by atoms with Crippen LogP contribution in [0.5, 0.6) is 5.75 Å². The maximum atomic E-state index is 14.7. The molecular formula is C25H24FNO3. The first-order valence-electron chi connectivity index (χ1n) is 10.2. The van der Waals surface area contributed by atoms with Crippen molar-refractivity contribution in [3.63, 3.8) is 0 Å². The Morgan fingerprint density at radius 1 is 1.17 bits per heavy atom. The molecule has 1 atom stereocenters. The summed E-state index contributed by atoms with van der Waals surface area (Å²) in [4.78, 5) is 15.5. The third kappa shape index (κ3) is 4.06. The maximum absolute atomic E-state index is 14.7. The van der Waals surface area contributed by atoms with Crippen molar-refractivity contribution in [3.05, 3.63) is 82.3 Å². The number of hydrogen-bond donors (Lipinski definition) is 1. The summed E-state index contributed by atoms with van der Waals surface area (Å²) >= 11 is 0. The number of ether oxygens (including phenoxy) is 1. The highest BCUT2D eigenvalue weighted by molar-refractivity contribution is 5.68. The molecule has 1 N–H and O–H groups in total. The summed E-state index contributed by atoms with van der Waals surface area (Å²) in [6.45, 7) is 4.06. The standard InChI is InChI=1S/C25H24FNO3/c1-15-4-3-5-16(2)24(15)20-10-9-19(26)25(27-20)22-12-8-18-14-17(7-13-23(28)29)6-11-21(18)30-22/h3-6,9-11,14,22H,7-8,12-13H2,1-2H3,(H,28,29). The van der Waals surface area contributed by atoms with E-state index in [1.165, 1.54) is 6.07 Å². The van der Waals surface area contributed by atoms with Crippen molar-refractivity contribution >= 4 is 5.97 Å². The first-order chi connectivity index (χ1) is 14.4. The summed E-state index contributed by atoms with van der Waals surface area (Å²) in [7, 11) is 0. The lowest BCUT2D eigenvalue weighted by atomic mass is 9.96. The zero-order chi connectivity index (χ0) is 21.3. The number of rotatable bonds is 5. The van der Waals surface area contributed by atoms with Gasteiger partial charge < -0.3 is 9.84 Å². The molecule has 5 heteroatoms. The lowest BCUT2D eigenvalue weighted by molar-refractivity contribution is -0.136. The Labute approximate surface area is 175 Å². The maximum Gasteiger partial charge on any atom is 0.303 e. The van der Waals surface area contributed by atoms with Crippen LogP contribution in [0.4, 0.5) is 4.39 Å². The fraction of sp³-hybridized carbons (Fsp3) is 0.280. The third-order valence-corrected chi connectivity index (χ3v) is 5.61. The second-order valence-corrected chi connectivity index (χ2v) is 7.81. The Morgan fingerprint density at radius 2 is 1.93 bits per heavy atom. The lowest BCUT2D eigenvalue weighted by Crippen LogP contribution is -2.18. The Bertz CT molecular complexity index is 1090. The van der Waals surface area contributed by atoms with Gasteiger partial charge in [0.1, 0.15) is 23.4 Å². The number of hydrogen-bond acceptors (Lipinski definition) is 3. The third-order valence-electron chi connectivity index (χ3n) is 5.61. The van der Waals surface area contributed by atoms with E-state index < -0.39 is 12.1 Å². The largest absolute Gasteiger partial charge is 0.484 e. The van der Waals surface area contributed by atoms with E-state index in [0.717, 1.165) is 39.9 Å². The molecule has 4 rings (SSSR count). The van der Waals surface area contributed by atoms with Crippen molar-refractivity contribution in [2.75, 3.05) is 0 Å². The van der Waals surface area contributed by atoms with Gasteiger partial charge >= 0.3 is 5.97 Å². The van der Waals surface area contributed by atoms with Crippen LogP contribution in [0.2, 0.25) is 0 Å². The van der Waals surface area contributed by atoms with Crippen molar-refractivity contribution in [2.24, 2.45) is 0 Å². The van der Waals surface area contributed by atoms with Crippen molar-refractivity contribution in [2.45, 2.75) is 45.6 Å². The molecule has 1 aromatic heterocycles. The van der Waals surface area contributed by atoms with E-state index in [9.17, 15) is 9.18 Å². The minimum Gasteiger partial charge on any atom is -0.484 e. The molecule has 0 saturated carbocycles. The van der Waals surface area contributed by atoms with Gasteiger partial charge in [-0.25, -0.2) is 9.37 Å². The van der Waals surface area contributed by atoms with Crippen LogP contribution in [-0.2, 0) is 17.6 Å². The van der Waals surface area contributed by atoms with E-state index in [2.05, 4.69) is 4.98 Å². The summed E-state index contributed by atoms with van der Waals surface area (Å²) in [5, 5.41) is 8.87. The summed E-state index contributed by atoms with van der Waals surface area (Å²) in [5.41, 5.74) is 6.31. The monoisotopic (exact) mass is 405 g/mol. The predicted octanol–water partition coefficient (Wildman–Crippen LogP) is 5.59. The molecule has 0 radical (unpaired) electrons. The summed E-state index contributed by atoms with van der Waals surface area (Å²) in [6.07, 6.45) is 1.49. The number of carboxylic acid groups (broad SMARTS) is 1. The highest BCUT2D eigenvalue weighted by Crippen LogP contribution is 2.37. The molecule has 0 amide bonds. The van der Waals surface area contributed by atoms with Crippen LogP contribution in [-0.4, -0.2) is 16.1 Å². The van der Waals surface area contributed by atoms with Gasteiger partial charge in [0.2, 0.25) is 0 Å². The average Bonchev–Trinajstić information content (AvgIpc) is 2.72. The van der Waals surface area contributed by atoms with Gasteiger partial charge in [0.05, 0.1) is 5.69 Å². The number of carboxylic acids is 1. The van der Waals surface area contributed by atoms with Crippen LogP contribution >= 0.6 is 0 Å². The van der Waals surface area contributed by atoms with Crippen LogP contribution < -0.4 is 4.74 Å². The van der Waals surface area contributed by atoms with E-state index in [0.29, 0.717) is 24.3 Å². The molecule has 0 bridgehead atoms. The SMILES string of the molecule is Cc1cccc(C)c1-c1ccc(F)c(C2CCc3cc(CCC(=O)O)ccc3O2)n1. The van der Waals surface area contributed by atoms with Crippen molar-refractivity contribution < 1.29 is 19.0 Å².